The maximum atomic E-state index is 13.1. The van der Waals surface area contributed by atoms with Gasteiger partial charge in [-0.05, 0) is 45.7 Å². The van der Waals surface area contributed by atoms with Crippen molar-refractivity contribution in [3.05, 3.63) is 70.0 Å². The number of aryl methyl sites for hydroxylation is 1. The van der Waals surface area contributed by atoms with Crippen LogP contribution in [-0.2, 0) is 4.74 Å². The van der Waals surface area contributed by atoms with Crippen LogP contribution < -0.4 is 5.56 Å². The number of nitrogens with zero attached hydrogens (tertiary/aromatic N) is 3. The lowest BCUT2D eigenvalue weighted by Gasteiger charge is -2.28. The summed E-state index contributed by atoms with van der Waals surface area (Å²) < 4.78 is 6.26. The minimum Gasteiger partial charge on any atom is -0.444 e. The summed E-state index contributed by atoms with van der Waals surface area (Å²) in [5.74, 6) is 0.599. The average molecular weight is 478 g/mol. The van der Waals surface area contributed by atoms with Gasteiger partial charge in [0.05, 0.1) is 17.8 Å². The first-order chi connectivity index (χ1) is 16.2. The number of hydrogen-bond acceptors (Lipinski definition) is 6. The SMILES string of the molecule is Cc1[nH]ncc1-c1cc2nc([C@@H]3C[C@@H](c4ccccc4)CN3C(=O)OC(C)(C)C)[nH]c(=O)c2s1. The maximum absolute atomic E-state index is 13.1. The Morgan fingerprint density at radius 3 is 2.68 bits per heavy atom. The number of rotatable bonds is 3. The second kappa shape index (κ2) is 8.39. The molecule has 1 saturated heterocycles. The minimum atomic E-state index is -0.623. The molecule has 0 saturated carbocycles. The van der Waals surface area contributed by atoms with Crippen LogP contribution in [0.3, 0.4) is 0 Å². The third-order valence-electron chi connectivity index (χ3n) is 6.01. The summed E-state index contributed by atoms with van der Waals surface area (Å²) in [5, 5.41) is 7.02. The smallest absolute Gasteiger partial charge is 0.410 e. The van der Waals surface area contributed by atoms with E-state index in [4.69, 9.17) is 9.72 Å². The Kier molecular flexibility index (Phi) is 5.51. The molecule has 0 bridgehead atoms. The highest BCUT2D eigenvalue weighted by atomic mass is 32.1. The van der Waals surface area contributed by atoms with Gasteiger partial charge in [0.2, 0.25) is 0 Å². The summed E-state index contributed by atoms with van der Waals surface area (Å²) in [5.41, 5.74) is 2.82. The van der Waals surface area contributed by atoms with Gasteiger partial charge in [0, 0.05) is 28.6 Å². The highest BCUT2D eigenvalue weighted by molar-refractivity contribution is 7.22. The van der Waals surface area contributed by atoms with Crippen LogP contribution in [0, 0.1) is 6.92 Å². The lowest BCUT2D eigenvalue weighted by molar-refractivity contribution is 0.0216. The average Bonchev–Trinajstić information content (AvgIpc) is 3.50. The fourth-order valence-electron chi connectivity index (χ4n) is 4.43. The molecular formula is C25H27N5O3S. The highest BCUT2D eigenvalue weighted by Crippen LogP contribution is 2.41. The summed E-state index contributed by atoms with van der Waals surface area (Å²) in [6.07, 6.45) is 2.00. The fourth-order valence-corrected chi connectivity index (χ4v) is 5.49. The van der Waals surface area contributed by atoms with Crippen LogP contribution in [0.15, 0.2) is 47.4 Å². The van der Waals surface area contributed by atoms with Crippen LogP contribution in [0.1, 0.15) is 56.2 Å². The zero-order chi connectivity index (χ0) is 24.0. The van der Waals surface area contributed by atoms with Crippen LogP contribution in [0.5, 0.6) is 0 Å². The molecule has 1 aliphatic rings. The van der Waals surface area contributed by atoms with Gasteiger partial charge in [-0.1, -0.05) is 30.3 Å². The molecule has 1 amide bonds. The van der Waals surface area contributed by atoms with Crippen LogP contribution >= 0.6 is 11.3 Å². The van der Waals surface area contributed by atoms with Crippen molar-refractivity contribution in [1.29, 1.82) is 0 Å². The molecule has 4 heterocycles. The first-order valence-corrected chi connectivity index (χ1v) is 12.1. The summed E-state index contributed by atoms with van der Waals surface area (Å²) >= 11 is 1.39. The normalized spacial score (nSPS) is 18.5. The van der Waals surface area contributed by atoms with Gasteiger partial charge < -0.3 is 9.72 Å². The third-order valence-corrected chi connectivity index (χ3v) is 7.17. The molecule has 0 unspecified atom stereocenters. The second-order valence-corrected chi connectivity index (χ2v) is 10.7. The minimum absolute atomic E-state index is 0.117. The Morgan fingerprint density at radius 1 is 1.24 bits per heavy atom. The van der Waals surface area contributed by atoms with E-state index in [1.165, 1.54) is 11.3 Å². The molecule has 1 aromatic carbocycles. The van der Waals surface area contributed by atoms with E-state index in [-0.39, 0.29) is 11.5 Å². The molecule has 8 nitrogen and oxygen atoms in total. The van der Waals surface area contributed by atoms with E-state index in [9.17, 15) is 9.59 Å². The number of benzene rings is 1. The van der Waals surface area contributed by atoms with Crippen molar-refractivity contribution < 1.29 is 9.53 Å². The number of aromatic amines is 2. The van der Waals surface area contributed by atoms with Gasteiger partial charge in [-0.2, -0.15) is 5.10 Å². The monoisotopic (exact) mass is 477 g/mol. The Labute approximate surface area is 201 Å². The number of ether oxygens (including phenoxy) is 1. The maximum Gasteiger partial charge on any atom is 0.410 e. The second-order valence-electron chi connectivity index (χ2n) is 9.68. The number of thiophene rings is 1. The van der Waals surface area contributed by atoms with Crippen molar-refractivity contribution in [2.75, 3.05) is 6.54 Å². The van der Waals surface area contributed by atoms with E-state index < -0.39 is 17.7 Å². The molecule has 0 aliphatic carbocycles. The fraction of sp³-hybridized carbons (Fsp3) is 0.360. The first kappa shape index (κ1) is 22.3. The van der Waals surface area contributed by atoms with Gasteiger partial charge in [0.1, 0.15) is 16.1 Å². The molecule has 9 heteroatoms. The summed E-state index contributed by atoms with van der Waals surface area (Å²) in [7, 11) is 0. The molecule has 176 valence electrons. The van der Waals surface area contributed by atoms with Crippen LogP contribution in [0.4, 0.5) is 4.79 Å². The van der Waals surface area contributed by atoms with Gasteiger partial charge in [0.25, 0.3) is 5.56 Å². The topological polar surface area (TPSA) is 104 Å². The molecule has 4 aromatic rings. The van der Waals surface area contributed by atoms with Gasteiger partial charge >= 0.3 is 6.09 Å². The number of carbonyl (C=O) groups excluding carboxylic acids is 1. The van der Waals surface area contributed by atoms with E-state index in [1.807, 2.05) is 52.0 Å². The molecule has 0 radical (unpaired) electrons. The molecule has 34 heavy (non-hydrogen) atoms. The van der Waals surface area contributed by atoms with Crippen molar-refractivity contribution in [2.24, 2.45) is 0 Å². The zero-order valence-electron chi connectivity index (χ0n) is 19.6. The number of aromatic nitrogens is 4. The number of amides is 1. The van der Waals surface area contributed by atoms with E-state index in [2.05, 4.69) is 27.3 Å². The predicted molar refractivity (Wildman–Crippen MR) is 132 cm³/mol. The number of H-pyrrole nitrogens is 2. The number of fused-ring (bicyclic) bond motifs is 1. The van der Waals surface area contributed by atoms with Gasteiger partial charge in [0.15, 0.2) is 0 Å². The summed E-state index contributed by atoms with van der Waals surface area (Å²) in [4.78, 5) is 36.6. The van der Waals surface area contributed by atoms with Crippen molar-refractivity contribution >= 4 is 27.6 Å². The summed E-state index contributed by atoms with van der Waals surface area (Å²) in [6.45, 7) is 7.98. The van der Waals surface area contributed by atoms with E-state index >= 15 is 0 Å². The van der Waals surface area contributed by atoms with Gasteiger partial charge in [-0.15, -0.1) is 11.3 Å². The Bertz CT molecular complexity index is 1400. The van der Waals surface area contributed by atoms with Gasteiger partial charge in [-0.3, -0.25) is 14.8 Å². The highest BCUT2D eigenvalue weighted by Gasteiger charge is 2.40. The number of carbonyl (C=O) groups is 1. The molecule has 0 spiro atoms. The number of hydrogen-bond donors (Lipinski definition) is 2. The summed E-state index contributed by atoms with van der Waals surface area (Å²) in [6, 6.07) is 11.6. The van der Waals surface area contributed by atoms with E-state index in [0.29, 0.717) is 29.0 Å². The standard InChI is InChI=1S/C25H27N5O3S/c1-14-17(12-26-29-14)20-11-18-21(34-20)23(31)28-22(27-18)19-10-16(15-8-6-5-7-9-15)13-30(19)24(32)33-25(2,3)4/h5-9,11-12,16,19H,10,13H2,1-4H3,(H,26,29)(H,27,28,31)/t16-,19+/m1/s1. The molecule has 2 atom stereocenters. The molecular weight excluding hydrogens is 450 g/mol. The van der Waals surface area contributed by atoms with Crippen LogP contribution in [0.2, 0.25) is 0 Å². The molecule has 1 fully saturated rings. The van der Waals surface area contributed by atoms with Crippen molar-refractivity contribution in [1.82, 2.24) is 25.1 Å². The molecule has 2 N–H and O–H groups in total. The Balaban J connectivity index is 1.54. The van der Waals surface area contributed by atoms with Crippen LogP contribution in [-0.4, -0.2) is 43.3 Å². The Morgan fingerprint density at radius 2 is 2.00 bits per heavy atom. The number of nitrogens with one attached hydrogen (secondary N) is 2. The molecule has 1 aliphatic heterocycles. The predicted octanol–water partition coefficient (Wildman–Crippen LogP) is 5.15. The van der Waals surface area contributed by atoms with Crippen molar-refractivity contribution in [3.63, 3.8) is 0 Å². The third kappa shape index (κ3) is 4.23. The van der Waals surface area contributed by atoms with Crippen LogP contribution in [0.25, 0.3) is 20.7 Å². The van der Waals surface area contributed by atoms with E-state index in [0.717, 1.165) is 21.7 Å². The lowest BCUT2D eigenvalue weighted by Crippen LogP contribution is -2.37. The molecule has 3 aromatic heterocycles. The first-order valence-electron chi connectivity index (χ1n) is 11.3. The zero-order valence-corrected chi connectivity index (χ0v) is 20.4. The number of likely N-dealkylation sites (tertiary alicyclic amines) is 1. The molecule has 5 rings (SSSR count). The lowest BCUT2D eigenvalue weighted by atomic mass is 9.96. The van der Waals surface area contributed by atoms with E-state index in [1.54, 1.807) is 11.1 Å². The van der Waals surface area contributed by atoms with Crippen molar-refractivity contribution in [3.8, 4) is 10.4 Å². The van der Waals surface area contributed by atoms with Crippen molar-refractivity contribution in [2.45, 2.75) is 51.7 Å². The quantitative estimate of drug-likeness (QED) is 0.425. The van der Waals surface area contributed by atoms with Gasteiger partial charge in [-0.25, -0.2) is 9.78 Å². The largest absolute Gasteiger partial charge is 0.444 e. The Hall–Kier alpha value is -3.46.